The lowest BCUT2D eigenvalue weighted by atomic mass is 9.93. The standard InChI is InChI=1S/C23H39N5O/c1-19(2)15-28-18-24-14-22(28)17-25-12-7-21(8-13-25)27-11-5-6-20(16-27)23(29)26-9-3-4-10-26/h14,18-21H,3-13,15-17H2,1-2H3. The number of aromatic nitrogens is 2. The first-order valence-electron chi connectivity index (χ1n) is 11.8. The molecule has 1 aromatic heterocycles. The number of hydrogen-bond acceptors (Lipinski definition) is 4. The van der Waals surface area contributed by atoms with E-state index >= 15 is 0 Å². The number of rotatable bonds is 6. The van der Waals surface area contributed by atoms with Crippen LogP contribution < -0.4 is 0 Å². The molecule has 0 saturated carbocycles. The highest BCUT2D eigenvalue weighted by atomic mass is 16.2. The van der Waals surface area contributed by atoms with Crippen molar-refractivity contribution in [3.63, 3.8) is 0 Å². The van der Waals surface area contributed by atoms with Gasteiger partial charge in [0.2, 0.25) is 5.91 Å². The van der Waals surface area contributed by atoms with Crippen molar-refractivity contribution in [1.29, 1.82) is 0 Å². The minimum absolute atomic E-state index is 0.241. The Hall–Kier alpha value is -1.40. The van der Waals surface area contributed by atoms with Crippen LogP contribution in [0.3, 0.4) is 0 Å². The molecule has 4 heterocycles. The first-order chi connectivity index (χ1) is 14.1. The molecule has 1 unspecified atom stereocenters. The van der Waals surface area contributed by atoms with Crippen LogP contribution in [-0.2, 0) is 17.9 Å². The smallest absolute Gasteiger partial charge is 0.226 e. The maximum absolute atomic E-state index is 12.8. The highest BCUT2D eigenvalue weighted by molar-refractivity contribution is 5.79. The topological polar surface area (TPSA) is 44.6 Å². The van der Waals surface area contributed by atoms with E-state index in [1.54, 1.807) is 0 Å². The van der Waals surface area contributed by atoms with E-state index in [0.717, 1.165) is 52.2 Å². The molecule has 0 aliphatic carbocycles. The molecule has 0 spiro atoms. The summed E-state index contributed by atoms with van der Waals surface area (Å²) in [7, 11) is 0. The van der Waals surface area contributed by atoms with Crippen LogP contribution in [0, 0.1) is 11.8 Å². The maximum Gasteiger partial charge on any atom is 0.226 e. The number of carbonyl (C=O) groups excluding carboxylic acids is 1. The molecule has 0 radical (unpaired) electrons. The number of likely N-dealkylation sites (tertiary alicyclic amines) is 3. The molecule has 162 valence electrons. The summed E-state index contributed by atoms with van der Waals surface area (Å²) < 4.78 is 2.32. The summed E-state index contributed by atoms with van der Waals surface area (Å²) in [4.78, 5) is 24.6. The quantitative estimate of drug-likeness (QED) is 0.735. The van der Waals surface area contributed by atoms with Gasteiger partial charge in [0.1, 0.15) is 0 Å². The molecule has 0 N–H and O–H groups in total. The second-order valence-electron chi connectivity index (χ2n) is 9.80. The Kier molecular flexibility index (Phi) is 6.91. The van der Waals surface area contributed by atoms with Gasteiger partial charge in [-0.2, -0.15) is 0 Å². The Bertz CT molecular complexity index is 658. The highest BCUT2D eigenvalue weighted by Gasteiger charge is 2.34. The molecule has 3 saturated heterocycles. The number of nitrogens with zero attached hydrogens (tertiary/aromatic N) is 5. The van der Waals surface area contributed by atoms with Crippen molar-refractivity contribution < 1.29 is 4.79 Å². The average Bonchev–Trinajstić information content (AvgIpc) is 3.40. The van der Waals surface area contributed by atoms with E-state index in [1.165, 1.54) is 44.3 Å². The summed E-state index contributed by atoms with van der Waals surface area (Å²) in [5.74, 6) is 1.32. The van der Waals surface area contributed by atoms with Gasteiger partial charge in [-0.25, -0.2) is 4.98 Å². The lowest BCUT2D eigenvalue weighted by molar-refractivity contribution is -0.136. The maximum atomic E-state index is 12.8. The van der Waals surface area contributed by atoms with E-state index in [2.05, 4.69) is 38.1 Å². The van der Waals surface area contributed by atoms with Gasteiger partial charge in [-0.3, -0.25) is 14.6 Å². The predicted octanol–water partition coefficient (Wildman–Crippen LogP) is 2.84. The van der Waals surface area contributed by atoms with E-state index in [9.17, 15) is 4.79 Å². The monoisotopic (exact) mass is 401 g/mol. The van der Waals surface area contributed by atoms with Crippen molar-refractivity contribution in [3.8, 4) is 0 Å². The zero-order valence-electron chi connectivity index (χ0n) is 18.4. The number of amides is 1. The molecule has 3 aliphatic rings. The van der Waals surface area contributed by atoms with Gasteiger partial charge >= 0.3 is 0 Å². The van der Waals surface area contributed by atoms with Gasteiger partial charge in [0, 0.05) is 58.1 Å². The van der Waals surface area contributed by atoms with E-state index in [-0.39, 0.29) is 5.92 Å². The summed E-state index contributed by atoms with van der Waals surface area (Å²) >= 11 is 0. The molecule has 1 amide bonds. The number of hydrogen-bond donors (Lipinski definition) is 0. The van der Waals surface area contributed by atoms with Gasteiger partial charge in [-0.05, 0) is 51.0 Å². The van der Waals surface area contributed by atoms with E-state index in [1.807, 2.05) is 12.5 Å². The fraction of sp³-hybridized carbons (Fsp3) is 0.826. The first kappa shape index (κ1) is 20.9. The molecule has 1 atom stereocenters. The van der Waals surface area contributed by atoms with Crippen LogP contribution in [0.15, 0.2) is 12.5 Å². The highest BCUT2D eigenvalue weighted by Crippen LogP contribution is 2.26. The van der Waals surface area contributed by atoms with Crippen LogP contribution in [-0.4, -0.2) is 75.5 Å². The van der Waals surface area contributed by atoms with Gasteiger partial charge in [0.25, 0.3) is 0 Å². The summed E-state index contributed by atoms with van der Waals surface area (Å²) in [5, 5.41) is 0. The van der Waals surface area contributed by atoms with Gasteiger partial charge in [-0.15, -0.1) is 0 Å². The molecular formula is C23H39N5O. The van der Waals surface area contributed by atoms with Crippen molar-refractivity contribution in [2.75, 3.05) is 39.3 Å². The first-order valence-corrected chi connectivity index (χ1v) is 11.8. The fourth-order valence-electron chi connectivity index (χ4n) is 5.44. The van der Waals surface area contributed by atoms with Crippen molar-refractivity contribution in [3.05, 3.63) is 18.2 Å². The molecule has 0 aromatic carbocycles. The molecule has 6 heteroatoms. The molecule has 29 heavy (non-hydrogen) atoms. The largest absolute Gasteiger partial charge is 0.342 e. The minimum Gasteiger partial charge on any atom is -0.342 e. The van der Waals surface area contributed by atoms with Crippen molar-refractivity contribution in [2.45, 2.75) is 71.5 Å². The van der Waals surface area contributed by atoms with Crippen LogP contribution in [0.2, 0.25) is 0 Å². The lowest BCUT2D eigenvalue weighted by Gasteiger charge is -2.42. The van der Waals surface area contributed by atoms with Crippen molar-refractivity contribution in [1.82, 2.24) is 24.3 Å². The number of imidazole rings is 1. The number of carbonyl (C=O) groups is 1. The summed E-state index contributed by atoms with van der Waals surface area (Å²) in [6.45, 7) is 13.0. The predicted molar refractivity (Wildman–Crippen MR) is 115 cm³/mol. The zero-order chi connectivity index (χ0) is 20.2. The molecule has 3 aliphatic heterocycles. The SMILES string of the molecule is CC(C)Cn1cncc1CN1CCC(N2CCCC(C(=O)N3CCCC3)C2)CC1. The molecule has 3 fully saturated rings. The van der Waals surface area contributed by atoms with Crippen LogP contribution in [0.1, 0.15) is 58.1 Å². The lowest BCUT2D eigenvalue weighted by Crippen LogP contribution is -2.51. The van der Waals surface area contributed by atoms with Gasteiger partial charge in [0.15, 0.2) is 0 Å². The molecular weight excluding hydrogens is 362 g/mol. The third-order valence-electron chi connectivity index (χ3n) is 7.04. The van der Waals surface area contributed by atoms with E-state index in [0.29, 0.717) is 17.9 Å². The normalized spacial score (nSPS) is 25.2. The van der Waals surface area contributed by atoms with Crippen LogP contribution in [0.25, 0.3) is 0 Å². The van der Waals surface area contributed by atoms with Gasteiger partial charge in [-0.1, -0.05) is 13.8 Å². The summed E-state index contributed by atoms with van der Waals surface area (Å²) in [6, 6.07) is 0.654. The molecule has 1 aromatic rings. The minimum atomic E-state index is 0.241. The van der Waals surface area contributed by atoms with Crippen LogP contribution >= 0.6 is 0 Å². The van der Waals surface area contributed by atoms with E-state index in [4.69, 9.17) is 0 Å². The Morgan fingerprint density at radius 2 is 1.83 bits per heavy atom. The second kappa shape index (κ2) is 9.61. The Labute approximate surface area is 176 Å². The molecule has 6 nitrogen and oxygen atoms in total. The summed E-state index contributed by atoms with van der Waals surface area (Å²) in [6.07, 6.45) is 11.1. The van der Waals surface area contributed by atoms with Crippen molar-refractivity contribution in [2.24, 2.45) is 11.8 Å². The van der Waals surface area contributed by atoms with Crippen molar-refractivity contribution >= 4 is 5.91 Å². The molecule has 0 bridgehead atoms. The Morgan fingerprint density at radius 1 is 1.07 bits per heavy atom. The second-order valence-corrected chi connectivity index (χ2v) is 9.80. The zero-order valence-corrected chi connectivity index (χ0v) is 18.4. The van der Waals surface area contributed by atoms with Crippen LogP contribution in [0.4, 0.5) is 0 Å². The average molecular weight is 402 g/mol. The van der Waals surface area contributed by atoms with E-state index < -0.39 is 0 Å². The molecule has 4 rings (SSSR count). The fourth-order valence-corrected chi connectivity index (χ4v) is 5.44. The Morgan fingerprint density at radius 3 is 2.55 bits per heavy atom. The summed E-state index contributed by atoms with van der Waals surface area (Å²) in [5.41, 5.74) is 1.34. The third kappa shape index (κ3) is 5.21. The van der Waals surface area contributed by atoms with Gasteiger partial charge < -0.3 is 9.47 Å². The third-order valence-corrected chi connectivity index (χ3v) is 7.04. The van der Waals surface area contributed by atoms with Gasteiger partial charge in [0.05, 0.1) is 17.9 Å². The Balaban J connectivity index is 1.26. The van der Waals surface area contributed by atoms with Crippen LogP contribution in [0.5, 0.6) is 0 Å². The number of piperidine rings is 2.